The number of carbonyl (C=O) groups excluding carboxylic acids is 1. The van der Waals surface area contributed by atoms with Gasteiger partial charge in [-0.15, -0.1) is 0 Å². The minimum Gasteiger partial charge on any atom is -0.481 e. The zero-order chi connectivity index (χ0) is 13.7. The molecule has 0 spiro atoms. The molecular weight excluding hydrogens is 234 g/mol. The Bertz CT molecular complexity index is 305. The lowest BCUT2D eigenvalue weighted by atomic mass is 9.80. The van der Waals surface area contributed by atoms with E-state index in [0.717, 1.165) is 12.8 Å². The van der Waals surface area contributed by atoms with E-state index in [0.29, 0.717) is 19.4 Å². The van der Waals surface area contributed by atoms with Gasteiger partial charge in [-0.2, -0.15) is 0 Å². The number of likely N-dealkylation sites (N-methyl/N-ethyl adjacent to an activating group) is 1. The third-order valence-electron chi connectivity index (χ3n) is 3.79. The van der Waals surface area contributed by atoms with Crippen LogP contribution in [-0.2, 0) is 14.3 Å². The molecule has 3 atom stereocenters. The molecule has 1 saturated carbocycles. The lowest BCUT2D eigenvalue weighted by molar-refractivity contribution is -0.145. The second-order valence-corrected chi connectivity index (χ2v) is 5.15. The Morgan fingerprint density at radius 1 is 1.39 bits per heavy atom. The fourth-order valence-corrected chi connectivity index (χ4v) is 2.50. The van der Waals surface area contributed by atoms with E-state index in [1.807, 2.05) is 6.92 Å². The van der Waals surface area contributed by atoms with Gasteiger partial charge in [-0.1, -0.05) is 6.42 Å². The summed E-state index contributed by atoms with van der Waals surface area (Å²) in [6.45, 7) is 2.43. The van der Waals surface area contributed by atoms with Gasteiger partial charge in [0.05, 0.1) is 18.6 Å². The Morgan fingerprint density at radius 3 is 2.56 bits per heavy atom. The van der Waals surface area contributed by atoms with Gasteiger partial charge in [-0.05, 0) is 26.2 Å². The number of carbonyl (C=O) groups is 2. The fraction of sp³-hybridized carbons (Fsp3) is 0.846. The van der Waals surface area contributed by atoms with Crippen LogP contribution < -0.4 is 0 Å². The van der Waals surface area contributed by atoms with Crippen LogP contribution in [0.2, 0.25) is 0 Å². The van der Waals surface area contributed by atoms with Gasteiger partial charge in [-0.25, -0.2) is 0 Å². The van der Waals surface area contributed by atoms with Gasteiger partial charge < -0.3 is 14.7 Å². The van der Waals surface area contributed by atoms with Crippen molar-refractivity contribution < 1.29 is 19.4 Å². The molecule has 0 heterocycles. The summed E-state index contributed by atoms with van der Waals surface area (Å²) in [5.41, 5.74) is 0. The molecule has 1 amide bonds. The molecule has 1 aliphatic rings. The molecule has 0 aromatic heterocycles. The number of hydrogen-bond donors (Lipinski definition) is 1. The van der Waals surface area contributed by atoms with Crippen LogP contribution >= 0.6 is 0 Å². The largest absolute Gasteiger partial charge is 0.481 e. The first-order chi connectivity index (χ1) is 8.47. The van der Waals surface area contributed by atoms with E-state index >= 15 is 0 Å². The zero-order valence-corrected chi connectivity index (χ0v) is 11.4. The molecule has 0 saturated heterocycles. The second kappa shape index (κ2) is 6.73. The Hall–Kier alpha value is -1.10. The summed E-state index contributed by atoms with van der Waals surface area (Å²) in [5.74, 6) is -1.24. The number of nitrogens with zero attached hydrogens (tertiary/aromatic N) is 1. The van der Waals surface area contributed by atoms with Crippen molar-refractivity contribution in [3.63, 3.8) is 0 Å². The number of aliphatic carboxylic acids is 1. The lowest BCUT2D eigenvalue weighted by Gasteiger charge is -2.32. The number of rotatable bonds is 5. The lowest BCUT2D eigenvalue weighted by Crippen LogP contribution is -2.43. The van der Waals surface area contributed by atoms with E-state index in [2.05, 4.69) is 0 Å². The topological polar surface area (TPSA) is 66.8 Å². The van der Waals surface area contributed by atoms with Gasteiger partial charge in [0.25, 0.3) is 0 Å². The standard InChI is InChI=1S/C13H23NO4/c1-9(8-18-3)14(2)12(15)10-5-4-6-11(7-10)13(16)17/h9-11H,4-8H2,1-3H3,(H,16,17). The second-order valence-electron chi connectivity index (χ2n) is 5.15. The summed E-state index contributed by atoms with van der Waals surface area (Å²) < 4.78 is 5.03. The molecule has 0 aromatic rings. The summed E-state index contributed by atoms with van der Waals surface area (Å²) in [6.07, 6.45) is 2.78. The molecule has 1 N–H and O–H groups in total. The maximum Gasteiger partial charge on any atom is 0.306 e. The highest BCUT2D eigenvalue weighted by molar-refractivity contribution is 5.80. The average Bonchev–Trinajstić information content (AvgIpc) is 2.37. The Morgan fingerprint density at radius 2 is 2.00 bits per heavy atom. The number of carboxylic acids is 1. The minimum absolute atomic E-state index is 0.0210. The SMILES string of the molecule is COCC(C)N(C)C(=O)C1CCCC(C(=O)O)C1. The maximum absolute atomic E-state index is 12.3. The predicted octanol–water partition coefficient (Wildman–Crippen LogP) is 1.37. The molecule has 0 radical (unpaired) electrons. The molecule has 5 nitrogen and oxygen atoms in total. The molecule has 1 aliphatic carbocycles. The first-order valence-corrected chi connectivity index (χ1v) is 6.45. The molecule has 18 heavy (non-hydrogen) atoms. The van der Waals surface area contributed by atoms with Crippen molar-refractivity contribution in [2.75, 3.05) is 20.8 Å². The molecule has 0 aliphatic heterocycles. The van der Waals surface area contributed by atoms with Gasteiger partial charge >= 0.3 is 5.97 Å². The average molecular weight is 257 g/mol. The number of carboxylic acid groups (broad SMARTS) is 1. The first-order valence-electron chi connectivity index (χ1n) is 6.45. The highest BCUT2D eigenvalue weighted by atomic mass is 16.5. The van der Waals surface area contributed by atoms with E-state index in [9.17, 15) is 9.59 Å². The van der Waals surface area contributed by atoms with Crippen LogP contribution in [0.3, 0.4) is 0 Å². The van der Waals surface area contributed by atoms with Crippen molar-refractivity contribution in [3.8, 4) is 0 Å². The molecular formula is C13H23NO4. The first kappa shape index (κ1) is 15.0. The third-order valence-corrected chi connectivity index (χ3v) is 3.79. The fourth-order valence-electron chi connectivity index (χ4n) is 2.50. The van der Waals surface area contributed by atoms with Crippen LogP contribution in [0.4, 0.5) is 0 Å². The van der Waals surface area contributed by atoms with Crippen LogP contribution in [0.25, 0.3) is 0 Å². The quantitative estimate of drug-likeness (QED) is 0.807. The van der Waals surface area contributed by atoms with Gasteiger partial charge in [0.2, 0.25) is 5.91 Å². The van der Waals surface area contributed by atoms with Crippen LogP contribution in [0.5, 0.6) is 0 Å². The van der Waals surface area contributed by atoms with Crippen molar-refractivity contribution in [1.82, 2.24) is 4.90 Å². The molecule has 104 valence electrons. The van der Waals surface area contributed by atoms with E-state index < -0.39 is 5.97 Å². The summed E-state index contributed by atoms with van der Waals surface area (Å²) in [6, 6.07) is 0.0210. The van der Waals surface area contributed by atoms with Crippen molar-refractivity contribution >= 4 is 11.9 Å². The Balaban J connectivity index is 2.57. The molecule has 0 bridgehead atoms. The van der Waals surface area contributed by atoms with Crippen LogP contribution in [0, 0.1) is 11.8 Å². The van der Waals surface area contributed by atoms with Crippen LogP contribution in [-0.4, -0.2) is 48.7 Å². The summed E-state index contributed by atoms with van der Waals surface area (Å²) in [4.78, 5) is 24.9. The molecule has 1 rings (SSSR count). The van der Waals surface area contributed by atoms with E-state index in [-0.39, 0.29) is 23.8 Å². The minimum atomic E-state index is -0.778. The highest BCUT2D eigenvalue weighted by Gasteiger charge is 2.33. The zero-order valence-electron chi connectivity index (χ0n) is 11.4. The van der Waals surface area contributed by atoms with E-state index in [4.69, 9.17) is 9.84 Å². The van der Waals surface area contributed by atoms with Crippen LogP contribution in [0.1, 0.15) is 32.6 Å². The van der Waals surface area contributed by atoms with E-state index in [1.165, 1.54) is 0 Å². The smallest absolute Gasteiger partial charge is 0.306 e. The molecule has 5 heteroatoms. The third kappa shape index (κ3) is 3.70. The summed E-state index contributed by atoms with van der Waals surface area (Å²) in [5, 5.41) is 9.02. The van der Waals surface area contributed by atoms with Crippen molar-refractivity contribution in [1.29, 1.82) is 0 Å². The molecule has 3 unspecified atom stereocenters. The van der Waals surface area contributed by atoms with Gasteiger partial charge in [-0.3, -0.25) is 9.59 Å². The van der Waals surface area contributed by atoms with Crippen molar-refractivity contribution in [2.24, 2.45) is 11.8 Å². The van der Waals surface area contributed by atoms with Crippen molar-refractivity contribution in [3.05, 3.63) is 0 Å². The summed E-state index contributed by atoms with van der Waals surface area (Å²) in [7, 11) is 3.37. The number of ether oxygens (including phenoxy) is 1. The summed E-state index contributed by atoms with van der Waals surface area (Å²) >= 11 is 0. The highest BCUT2D eigenvalue weighted by Crippen LogP contribution is 2.30. The Kier molecular flexibility index (Phi) is 5.59. The normalized spacial score (nSPS) is 25.5. The monoisotopic (exact) mass is 257 g/mol. The van der Waals surface area contributed by atoms with Gasteiger partial charge in [0.15, 0.2) is 0 Å². The van der Waals surface area contributed by atoms with Crippen molar-refractivity contribution in [2.45, 2.75) is 38.6 Å². The number of hydrogen-bond acceptors (Lipinski definition) is 3. The van der Waals surface area contributed by atoms with Crippen LogP contribution in [0.15, 0.2) is 0 Å². The maximum atomic E-state index is 12.3. The van der Waals surface area contributed by atoms with Gasteiger partial charge in [0, 0.05) is 20.1 Å². The number of methoxy groups -OCH3 is 1. The Labute approximate surface area is 108 Å². The number of amides is 1. The molecule has 1 fully saturated rings. The predicted molar refractivity (Wildman–Crippen MR) is 67.2 cm³/mol. The van der Waals surface area contributed by atoms with E-state index in [1.54, 1.807) is 19.1 Å². The molecule has 0 aromatic carbocycles. The van der Waals surface area contributed by atoms with Gasteiger partial charge in [0.1, 0.15) is 0 Å².